The topological polar surface area (TPSA) is 50.4 Å². The average molecular weight is 374 g/mol. The quantitative estimate of drug-likeness (QED) is 0.779. The first-order chi connectivity index (χ1) is 13.8. The Bertz CT molecular complexity index is 887. The molecule has 0 radical (unpaired) electrons. The number of allylic oxidation sites excluding steroid dienone is 2. The van der Waals surface area contributed by atoms with Crippen LogP contribution in [0.25, 0.3) is 0 Å². The molecule has 2 N–H and O–H groups in total. The van der Waals surface area contributed by atoms with E-state index in [1.54, 1.807) is 0 Å². The molecule has 3 aliphatic rings. The summed E-state index contributed by atoms with van der Waals surface area (Å²) in [6.07, 6.45) is 7.94. The maximum atomic E-state index is 12.7. The van der Waals surface area contributed by atoms with Gasteiger partial charge in [-0.15, -0.1) is 0 Å². The summed E-state index contributed by atoms with van der Waals surface area (Å²) in [5.74, 6) is 0.828. The second kappa shape index (κ2) is 7.44. The third kappa shape index (κ3) is 3.22. The SMILES string of the molecule is O=C(NCC1CCCO1)c1ccc2c(c1)C1C=CCC1C(c1ccccc1)N2. The first-order valence-electron chi connectivity index (χ1n) is 10.3. The van der Waals surface area contributed by atoms with E-state index in [1.807, 2.05) is 6.07 Å². The molecule has 0 spiro atoms. The number of ether oxygens (including phenoxy) is 1. The van der Waals surface area contributed by atoms with Crippen molar-refractivity contribution in [1.82, 2.24) is 5.32 Å². The van der Waals surface area contributed by atoms with E-state index in [9.17, 15) is 4.79 Å². The fourth-order valence-electron chi connectivity index (χ4n) is 4.84. The van der Waals surface area contributed by atoms with Gasteiger partial charge in [-0.25, -0.2) is 0 Å². The van der Waals surface area contributed by atoms with E-state index >= 15 is 0 Å². The molecule has 1 aliphatic carbocycles. The highest BCUT2D eigenvalue weighted by Gasteiger charge is 2.38. The predicted molar refractivity (Wildman–Crippen MR) is 111 cm³/mol. The van der Waals surface area contributed by atoms with Crippen molar-refractivity contribution in [3.8, 4) is 0 Å². The molecule has 4 unspecified atom stereocenters. The fourth-order valence-corrected chi connectivity index (χ4v) is 4.84. The van der Waals surface area contributed by atoms with Crippen LogP contribution < -0.4 is 10.6 Å². The van der Waals surface area contributed by atoms with Gasteiger partial charge >= 0.3 is 0 Å². The van der Waals surface area contributed by atoms with E-state index in [-0.39, 0.29) is 12.0 Å². The summed E-state index contributed by atoms with van der Waals surface area (Å²) in [4.78, 5) is 12.7. The second-order valence-corrected chi connectivity index (χ2v) is 8.03. The molecule has 4 nitrogen and oxygen atoms in total. The number of rotatable bonds is 4. The van der Waals surface area contributed by atoms with Crippen LogP contribution in [-0.4, -0.2) is 25.2 Å². The molecule has 5 rings (SSSR count). The number of amides is 1. The lowest BCUT2D eigenvalue weighted by molar-refractivity contribution is 0.0857. The fraction of sp³-hybridized carbons (Fsp3) is 0.375. The maximum absolute atomic E-state index is 12.7. The largest absolute Gasteiger partial charge is 0.378 e. The molecule has 0 aromatic heterocycles. The zero-order valence-electron chi connectivity index (χ0n) is 15.9. The van der Waals surface area contributed by atoms with Gasteiger partial charge in [-0.3, -0.25) is 4.79 Å². The van der Waals surface area contributed by atoms with Crippen LogP contribution in [0.2, 0.25) is 0 Å². The summed E-state index contributed by atoms with van der Waals surface area (Å²) < 4.78 is 5.61. The highest BCUT2D eigenvalue weighted by Crippen LogP contribution is 2.49. The molecule has 0 bridgehead atoms. The Morgan fingerprint density at radius 3 is 2.89 bits per heavy atom. The van der Waals surface area contributed by atoms with Gasteiger partial charge in [-0.05, 0) is 54.5 Å². The lowest BCUT2D eigenvalue weighted by Gasteiger charge is -2.37. The van der Waals surface area contributed by atoms with Crippen LogP contribution in [0.15, 0.2) is 60.7 Å². The number of carbonyl (C=O) groups is 1. The van der Waals surface area contributed by atoms with Gasteiger partial charge in [0, 0.05) is 30.3 Å². The van der Waals surface area contributed by atoms with Crippen LogP contribution in [0.1, 0.15) is 52.7 Å². The van der Waals surface area contributed by atoms with Crippen LogP contribution in [0.4, 0.5) is 5.69 Å². The molecule has 1 amide bonds. The van der Waals surface area contributed by atoms with Crippen LogP contribution in [-0.2, 0) is 4.74 Å². The van der Waals surface area contributed by atoms with Crippen molar-refractivity contribution in [2.45, 2.75) is 37.3 Å². The van der Waals surface area contributed by atoms with Crippen molar-refractivity contribution in [3.05, 3.63) is 77.4 Å². The number of nitrogens with one attached hydrogen (secondary N) is 2. The standard InChI is InChI=1S/C24H26N2O2/c27-24(25-15-18-8-5-13-28-18)17-11-12-22-21(14-17)19-9-4-10-20(19)23(26-22)16-6-2-1-3-7-16/h1-4,6-7,9,11-12,14,18-20,23,26H,5,8,10,13,15H2,(H,25,27). The molecule has 1 fully saturated rings. The van der Waals surface area contributed by atoms with Crippen molar-refractivity contribution in [1.29, 1.82) is 0 Å². The van der Waals surface area contributed by atoms with E-state index < -0.39 is 0 Å². The Morgan fingerprint density at radius 2 is 2.07 bits per heavy atom. The lowest BCUT2D eigenvalue weighted by Crippen LogP contribution is -2.32. The van der Waals surface area contributed by atoms with Crippen LogP contribution in [0, 0.1) is 5.92 Å². The molecule has 2 aromatic carbocycles. The summed E-state index contributed by atoms with van der Waals surface area (Å²) >= 11 is 0. The van der Waals surface area contributed by atoms with Crippen molar-refractivity contribution >= 4 is 11.6 Å². The first kappa shape index (κ1) is 17.5. The van der Waals surface area contributed by atoms with E-state index in [0.29, 0.717) is 24.4 Å². The van der Waals surface area contributed by atoms with E-state index in [4.69, 9.17) is 4.74 Å². The Morgan fingerprint density at radius 1 is 1.18 bits per heavy atom. The van der Waals surface area contributed by atoms with Gasteiger partial charge in [-0.2, -0.15) is 0 Å². The van der Waals surface area contributed by atoms with Crippen molar-refractivity contribution in [3.63, 3.8) is 0 Å². The van der Waals surface area contributed by atoms with Gasteiger partial charge in [-0.1, -0.05) is 42.5 Å². The summed E-state index contributed by atoms with van der Waals surface area (Å²) in [6.45, 7) is 1.40. The number of benzene rings is 2. The van der Waals surface area contributed by atoms with Gasteiger partial charge in [0.1, 0.15) is 0 Å². The van der Waals surface area contributed by atoms with Crippen LogP contribution >= 0.6 is 0 Å². The van der Waals surface area contributed by atoms with Crippen LogP contribution in [0.3, 0.4) is 0 Å². The van der Waals surface area contributed by atoms with Crippen LogP contribution in [0.5, 0.6) is 0 Å². The third-order valence-corrected chi connectivity index (χ3v) is 6.30. The molecule has 28 heavy (non-hydrogen) atoms. The number of hydrogen-bond acceptors (Lipinski definition) is 3. The van der Waals surface area contributed by atoms with E-state index in [0.717, 1.165) is 37.1 Å². The maximum Gasteiger partial charge on any atom is 0.251 e. The minimum Gasteiger partial charge on any atom is -0.378 e. The van der Waals surface area contributed by atoms with Gasteiger partial charge in [0.25, 0.3) is 5.91 Å². The summed E-state index contributed by atoms with van der Waals surface area (Å²) in [6, 6.07) is 17.0. The lowest BCUT2D eigenvalue weighted by atomic mass is 9.76. The normalized spacial score (nSPS) is 27.7. The summed E-state index contributed by atoms with van der Waals surface area (Å²) in [5.41, 5.74) is 4.43. The molecule has 0 saturated carbocycles. The molecule has 1 saturated heterocycles. The first-order valence-corrected chi connectivity index (χ1v) is 10.3. The highest BCUT2D eigenvalue weighted by atomic mass is 16.5. The Hall–Kier alpha value is -2.59. The Balaban J connectivity index is 1.38. The molecule has 2 aromatic rings. The smallest absolute Gasteiger partial charge is 0.251 e. The number of carbonyl (C=O) groups excluding carboxylic acids is 1. The molecule has 4 atom stereocenters. The summed E-state index contributed by atoms with van der Waals surface area (Å²) in [7, 11) is 0. The van der Waals surface area contributed by atoms with Gasteiger partial charge in [0.2, 0.25) is 0 Å². The minimum atomic E-state index is -0.0120. The Labute approximate surface area is 166 Å². The van der Waals surface area contributed by atoms with Crippen molar-refractivity contribution in [2.75, 3.05) is 18.5 Å². The average Bonchev–Trinajstić information content (AvgIpc) is 3.44. The number of fused-ring (bicyclic) bond motifs is 3. The molecular formula is C24H26N2O2. The number of anilines is 1. The van der Waals surface area contributed by atoms with Gasteiger partial charge in [0.05, 0.1) is 12.1 Å². The molecule has 144 valence electrons. The zero-order chi connectivity index (χ0) is 18.9. The van der Waals surface area contributed by atoms with Crippen molar-refractivity contribution < 1.29 is 9.53 Å². The van der Waals surface area contributed by atoms with Gasteiger partial charge < -0.3 is 15.4 Å². The molecule has 4 heteroatoms. The van der Waals surface area contributed by atoms with E-state index in [2.05, 4.69) is 65.3 Å². The molecular weight excluding hydrogens is 348 g/mol. The Kier molecular flexibility index (Phi) is 4.65. The van der Waals surface area contributed by atoms with Gasteiger partial charge in [0.15, 0.2) is 0 Å². The summed E-state index contributed by atoms with van der Waals surface area (Å²) in [5, 5.41) is 6.78. The monoisotopic (exact) mass is 374 g/mol. The van der Waals surface area contributed by atoms with E-state index in [1.165, 1.54) is 11.1 Å². The number of hydrogen-bond donors (Lipinski definition) is 2. The minimum absolute atomic E-state index is 0.0120. The highest BCUT2D eigenvalue weighted by molar-refractivity contribution is 5.95. The third-order valence-electron chi connectivity index (χ3n) is 6.30. The molecule has 2 aliphatic heterocycles. The second-order valence-electron chi connectivity index (χ2n) is 8.03. The van der Waals surface area contributed by atoms with Crippen molar-refractivity contribution in [2.24, 2.45) is 5.92 Å². The zero-order valence-corrected chi connectivity index (χ0v) is 15.9. The molecule has 2 heterocycles. The predicted octanol–water partition coefficient (Wildman–Crippen LogP) is 4.42.